The lowest BCUT2D eigenvalue weighted by atomic mass is 9.73. The lowest BCUT2D eigenvalue weighted by Gasteiger charge is -2.31. The molecule has 0 heterocycles. The molecule has 0 aromatic heterocycles. The van der Waals surface area contributed by atoms with E-state index in [4.69, 9.17) is 4.74 Å². The van der Waals surface area contributed by atoms with Gasteiger partial charge in [0.1, 0.15) is 5.75 Å². The molecule has 2 nitrogen and oxygen atoms in total. The number of rotatable bonds is 2. The minimum atomic E-state index is -0.264. The molecule has 2 atom stereocenters. The van der Waals surface area contributed by atoms with Crippen LogP contribution in [0.25, 0.3) is 0 Å². The molecule has 0 unspecified atom stereocenters. The molecule has 1 aromatic rings. The minimum Gasteiger partial charge on any atom is -0.426 e. The van der Waals surface area contributed by atoms with E-state index in [1.807, 2.05) is 13.0 Å². The van der Waals surface area contributed by atoms with Gasteiger partial charge in [0.05, 0.1) is 0 Å². The average Bonchev–Trinajstić information content (AvgIpc) is 2.57. The normalized spacial score (nSPS) is 26.5. The summed E-state index contributed by atoms with van der Waals surface area (Å²) in [6, 6.07) is 6.14. The second-order valence-corrected chi connectivity index (χ2v) is 5.89. The summed E-state index contributed by atoms with van der Waals surface area (Å²) in [4.78, 5) is 11.3. The Bertz CT molecular complexity index is 530. The summed E-state index contributed by atoms with van der Waals surface area (Å²) < 4.78 is 5.42. The number of carbonyl (C=O) groups excluding carboxylic acids is 1. The van der Waals surface area contributed by atoms with Crippen molar-refractivity contribution in [2.45, 2.75) is 46.0 Å². The number of ether oxygens (including phenoxy) is 1. The van der Waals surface area contributed by atoms with E-state index in [-0.39, 0.29) is 11.4 Å². The maximum Gasteiger partial charge on any atom is 0.308 e. The van der Waals surface area contributed by atoms with Crippen molar-refractivity contribution in [3.63, 3.8) is 0 Å². The Hall–Kier alpha value is -1.57. The molecule has 0 amide bonds. The summed E-state index contributed by atoms with van der Waals surface area (Å²) in [6.45, 7) is 12.1. The Morgan fingerprint density at radius 2 is 2.16 bits per heavy atom. The van der Waals surface area contributed by atoms with Crippen LogP contribution in [-0.2, 0) is 10.2 Å². The van der Waals surface area contributed by atoms with E-state index < -0.39 is 0 Å². The van der Waals surface area contributed by atoms with Crippen LogP contribution in [0.1, 0.15) is 44.7 Å². The zero-order valence-corrected chi connectivity index (χ0v) is 12.2. The largest absolute Gasteiger partial charge is 0.426 e. The Morgan fingerprint density at radius 1 is 1.47 bits per heavy atom. The van der Waals surface area contributed by atoms with Crippen LogP contribution in [0.4, 0.5) is 0 Å². The van der Waals surface area contributed by atoms with E-state index in [2.05, 4.69) is 32.6 Å². The van der Waals surface area contributed by atoms with E-state index in [0.717, 1.165) is 24.0 Å². The van der Waals surface area contributed by atoms with Crippen LogP contribution in [0, 0.1) is 12.8 Å². The molecule has 0 N–H and O–H groups in total. The first-order valence-electron chi connectivity index (χ1n) is 6.82. The number of aryl methyl sites for hydroxylation is 1. The number of hydrogen-bond acceptors (Lipinski definition) is 2. The first-order valence-corrected chi connectivity index (χ1v) is 6.82. The Labute approximate surface area is 115 Å². The number of esters is 1. The Kier molecular flexibility index (Phi) is 3.53. The van der Waals surface area contributed by atoms with Crippen molar-refractivity contribution in [3.8, 4) is 5.75 Å². The van der Waals surface area contributed by atoms with E-state index in [0.29, 0.717) is 11.7 Å². The van der Waals surface area contributed by atoms with Crippen LogP contribution in [-0.4, -0.2) is 5.97 Å². The van der Waals surface area contributed by atoms with Gasteiger partial charge in [-0.15, -0.1) is 0 Å². The minimum absolute atomic E-state index is 0.00949. The van der Waals surface area contributed by atoms with Crippen molar-refractivity contribution < 1.29 is 9.53 Å². The third-order valence-corrected chi connectivity index (χ3v) is 4.54. The number of hydrogen-bond donors (Lipinski definition) is 0. The molecule has 19 heavy (non-hydrogen) atoms. The van der Waals surface area contributed by atoms with Crippen molar-refractivity contribution in [2.75, 3.05) is 0 Å². The third kappa shape index (κ3) is 2.44. The predicted octanol–water partition coefficient (Wildman–Crippen LogP) is 4.16. The highest BCUT2D eigenvalue weighted by Gasteiger charge is 2.41. The summed E-state index contributed by atoms with van der Waals surface area (Å²) in [7, 11) is 0. The molecule has 0 spiro atoms. The molecular formula is C17H22O2. The summed E-state index contributed by atoms with van der Waals surface area (Å²) in [5.74, 6) is 0.848. The maximum atomic E-state index is 11.3. The van der Waals surface area contributed by atoms with Crippen LogP contribution in [0.15, 0.2) is 30.4 Å². The van der Waals surface area contributed by atoms with Gasteiger partial charge in [-0.2, -0.15) is 0 Å². The Balaban J connectivity index is 2.49. The molecule has 0 radical (unpaired) electrons. The van der Waals surface area contributed by atoms with Gasteiger partial charge < -0.3 is 4.74 Å². The molecule has 1 fully saturated rings. The lowest BCUT2D eigenvalue weighted by Crippen LogP contribution is -2.26. The van der Waals surface area contributed by atoms with Gasteiger partial charge in [0.25, 0.3) is 0 Å². The fraction of sp³-hybridized carbons (Fsp3) is 0.471. The lowest BCUT2D eigenvalue weighted by molar-refractivity contribution is -0.131. The van der Waals surface area contributed by atoms with Gasteiger partial charge in [-0.25, -0.2) is 0 Å². The van der Waals surface area contributed by atoms with Gasteiger partial charge >= 0.3 is 5.97 Å². The smallest absolute Gasteiger partial charge is 0.308 e. The first-order chi connectivity index (χ1) is 8.84. The van der Waals surface area contributed by atoms with Gasteiger partial charge in [-0.3, -0.25) is 4.79 Å². The molecule has 1 aromatic carbocycles. The number of carbonyl (C=O) groups is 1. The van der Waals surface area contributed by atoms with Gasteiger partial charge in [0.2, 0.25) is 0 Å². The second-order valence-electron chi connectivity index (χ2n) is 5.89. The van der Waals surface area contributed by atoms with Crippen LogP contribution >= 0.6 is 0 Å². The van der Waals surface area contributed by atoms with Gasteiger partial charge in [0, 0.05) is 17.9 Å². The summed E-state index contributed by atoms with van der Waals surface area (Å²) in [6.07, 6.45) is 2.11. The van der Waals surface area contributed by atoms with E-state index in [1.54, 1.807) is 0 Å². The molecule has 2 heteroatoms. The van der Waals surface area contributed by atoms with E-state index in [9.17, 15) is 4.79 Å². The van der Waals surface area contributed by atoms with Crippen molar-refractivity contribution in [3.05, 3.63) is 41.5 Å². The zero-order valence-electron chi connectivity index (χ0n) is 12.2. The van der Waals surface area contributed by atoms with Crippen molar-refractivity contribution in [2.24, 2.45) is 5.92 Å². The average molecular weight is 258 g/mol. The van der Waals surface area contributed by atoms with Crippen molar-refractivity contribution in [1.82, 2.24) is 0 Å². The van der Waals surface area contributed by atoms with Crippen LogP contribution in [0.5, 0.6) is 5.75 Å². The van der Waals surface area contributed by atoms with Gasteiger partial charge in [-0.05, 0) is 37.3 Å². The number of allylic oxidation sites excluding steroid dienone is 1. The molecule has 1 aliphatic carbocycles. The fourth-order valence-corrected chi connectivity index (χ4v) is 3.01. The van der Waals surface area contributed by atoms with Crippen molar-refractivity contribution in [1.29, 1.82) is 0 Å². The van der Waals surface area contributed by atoms with Gasteiger partial charge in [-0.1, -0.05) is 38.1 Å². The number of benzene rings is 1. The van der Waals surface area contributed by atoms with Crippen LogP contribution in [0.3, 0.4) is 0 Å². The fourth-order valence-electron chi connectivity index (χ4n) is 3.01. The summed E-state index contributed by atoms with van der Waals surface area (Å²) >= 11 is 0. The first kappa shape index (κ1) is 13.9. The topological polar surface area (TPSA) is 26.3 Å². The SMILES string of the molecule is C=C1CC[C@@](C)(c2ccc(C)cc2OC(C)=O)[C@H]1C. The molecule has 0 bridgehead atoms. The van der Waals surface area contributed by atoms with E-state index in [1.165, 1.54) is 12.5 Å². The monoisotopic (exact) mass is 258 g/mol. The zero-order chi connectivity index (χ0) is 14.2. The highest BCUT2D eigenvalue weighted by atomic mass is 16.5. The second kappa shape index (κ2) is 4.84. The quantitative estimate of drug-likeness (QED) is 0.452. The highest BCUT2D eigenvalue weighted by molar-refractivity contribution is 5.70. The third-order valence-electron chi connectivity index (χ3n) is 4.54. The van der Waals surface area contributed by atoms with Crippen molar-refractivity contribution >= 4 is 5.97 Å². The standard InChI is InChI=1S/C17H22O2/c1-11-6-7-15(16(10-11)19-14(4)18)17(5)9-8-12(2)13(17)3/h6-7,10,13H,2,8-9H2,1,3-5H3/t13-,17+/m0/s1. The molecule has 102 valence electrons. The van der Waals surface area contributed by atoms with Crippen LogP contribution < -0.4 is 4.74 Å². The molecule has 0 saturated heterocycles. The predicted molar refractivity (Wildman–Crippen MR) is 77.4 cm³/mol. The molecule has 0 aliphatic heterocycles. The van der Waals surface area contributed by atoms with E-state index >= 15 is 0 Å². The maximum absolute atomic E-state index is 11.3. The van der Waals surface area contributed by atoms with Crippen LogP contribution in [0.2, 0.25) is 0 Å². The van der Waals surface area contributed by atoms with Gasteiger partial charge in [0.15, 0.2) is 0 Å². The molecule has 1 saturated carbocycles. The molecule has 2 rings (SSSR count). The molecular weight excluding hydrogens is 236 g/mol. The summed E-state index contributed by atoms with van der Waals surface area (Å²) in [5, 5.41) is 0. The Morgan fingerprint density at radius 3 is 2.68 bits per heavy atom. The highest BCUT2D eigenvalue weighted by Crippen LogP contribution is 2.50. The molecule has 1 aliphatic rings. The summed E-state index contributed by atoms with van der Waals surface area (Å²) in [5.41, 5.74) is 3.53.